The van der Waals surface area contributed by atoms with Gasteiger partial charge in [0, 0.05) is 27.8 Å². The molecule has 0 bridgehead atoms. The van der Waals surface area contributed by atoms with Gasteiger partial charge in [-0.25, -0.2) is 19.9 Å². The molecule has 14 aromatic carbocycles. The molecular formula is C94H70BClN6O2. The molecule has 104 heavy (non-hydrogen) atoms. The van der Waals surface area contributed by atoms with Gasteiger partial charge in [-0.3, -0.25) is 0 Å². The van der Waals surface area contributed by atoms with E-state index in [4.69, 9.17) is 35.9 Å². The average Bonchev–Trinajstić information content (AvgIpc) is 1.53. The van der Waals surface area contributed by atoms with Gasteiger partial charge in [-0.05, 0) is 133 Å². The highest BCUT2D eigenvalue weighted by molar-refractivity contribution is 6.62. The summed E-state index contributed by atoms with van der Waals surface area (Å²) in [6.07, 6.45) is 0. The van der Waals surface area contributed by atoms with Crippen LogP contribution in [0.4, 0.5) is 0 Å². The summed E-state index contributed by atoms with van der Waals surface area (Å²) in [4.78, 5) is 27.7. The van der Waals surface area contributed by atoms with E-state index in [-0.39, 0.29) is 23.6 Å². The van der Waals surface area contributed by atoms with Gasteiger partial charge in [-0.15, -0.1) is 0 Å². The normalized spacial score (nSPS) is 16.3. The standard InChI is InChI=1S/C44H29N3.C35H31BO2.C15H10ClN3/c1-4-15-31(16-5-1)41-45-42(32-17-6-2-7-18-32)47-43(46-41)33-24-27-35(28-25-33)44(34-19-8-3-9-20-34)38-23-13-12-22-37(38)40-36-21-11-10-14-30(36)26-29-39(40)44;1-33(2)34(3,4)38-36(37-33)27-21-19-26(20-22-27)35(25-13-6-5-7-14-25)30-17-11-10-16-29(30)32-28-15-9-8-12-24(28)18-23-31(32)35;16-15-18-13(11-7-3-1-4-8-11)17-14(19-15)12-9-5-2-6-10-12/h1-29H;5-23H,1-4H3;1-10H. The van der Waals surface area contributed by atoms with Crippen molar-refractivity contribution in [2.45, 2.75) is 49.7 Å². The summed E-state index contributed by atoms with van der Waals surface area (Å²) in [5, 5.41) is 5.29. The van der Waals surface area contributed by atoms with Crippen LogP contribution in [0.3, 0.4) is 0 Å². The number of nitrogens with zero attached hydrogens (tertiary/aromatic N) is 6. The van der Waals surface area contributed by atoms with E-state index in [0.717, 1.165) is 33.3 Å². The van der Waals surface area contributed by atoms with Crippen LogP contribution in [-0.4, -0.2) is 48.2 Å². The Balaban J connectivity index is 0.000000125. The lowest BCUT2D eigenvalue weighted by molar-refractivity contribution is 0.00578. The first-order valence-corrected chi connectivity index (χ1v) is 35.7. The van der Waals surface area contributed by atoms with Gasteiger partial charge in [-0.1, -0.05) is 352 Å². The molecule has 2 unspecified atom stereocenters. The molecule has 10 heteroatoms. The Morgan fingerprint density at radius 1 is 0.260 bits per heavy atom. The molecule has 498 valence electrons. The van der Waals surface area contributed by atoms with E-state index < -0.39 is 10.8 Å². The van der Waals surface area contributed by atoms with Gasteiger partial charge in [-0.2, -0.15) is 9.97 Å². The quantitative estimate of drug-likeness (QED) is 0.125. The van der Waals surface area contributed by atoms with E-state index >= 15 is 0 Å². The van der Waals surface area contributed by atoms with Crippen LogP contribution in [0.5, 0.6) is 0 Å². The van der Waals surface area contributed by atoms with Crippen molar-refractivity contribution < 1.29 is 9.31 Å². The van der Waals surface area contributed by atoms with Crippen molar-refractivity contribution in [1.29, 1.82) is 0 Å². The molecule has 8 nitrogen and oxygen atoms in total. The predicted octanol–water partition coefficient (Wildman–Crippen LogP) is 21.8. The topological polar surface area (TPSA) is 95.8 Å². The number of halogens is 1. The minimum Gasteiger partial charge on any atom is -0.399 e. The van der Waals surface area contributed by atoms with E-state index in [9.17, 15) is 0 Å². The molecule has 16 aromatic rings. The van der Waals surface area contributed by atoms with Crippen molar-refractivity contribution in [2.75, 3.05) is 0 Å². The summed E-state index contributed by atoms with van der Waals surface area (Å²) < 4.78 is 12.7. The Morgan fingerprint density at radius 3 is 0.923 bits per heavy atom. The van der Waals surface area contributed by atoms with Crippen molar-refractivity contribution in [1.82, 2.24) is 29.9 Å². The first-order valence-electron chi connectivity index (χ1n) is 35.3. The van der Waals surface area contributed by atoms with Gasteiger partial charge in [0.15, 0.2) is 29.1 Å². The van der Waals surface area contributed by atoms with Gasteiger partial charge in [0.2, 0.25) is 5.28 Å². The average molecular weight is 1360 g/mol. The highest BCUT2D eigenvalue weighted by Crippen LogP contribution is 2.60. The maximum Gasteiger partial charge on any atom is 0.494 e. The van der Waals surface area contributed by atoms with Crippen LogP contribution in [0.15, 0.2) is 352 Å². The maximum atomic E-state index is 6.36. The molecule has 2 aromatic heterocycles. The number of rotatable bonds is 10. The van der Waals surface area contributed by atoms with Crippen molar-refractivity contribution in [2.24, 2.45) is 0 Å². The van der Waals surface area contributed by atoms with Gasteiger partial charge < -0.3 is 9.31 Å². The molecule has 0 amide bonds. The van der Waals surface area contributed by atoms with Crippen LogP contribution in [-0.2, 0) is 20.1 Å². The SMILES string of the molecule is CC1(C)OB(c2ccc(C3(c4ccccc4)c4ccccc4-c4c3ccc3ccccc43)cc2)OC1(C)C.Clc1nc(-c2ccccc2)nc(-c2ccccc2)n1.c1ccc(-c2nc(-c3ccccc3)nc(-c3ccc(C4(c5ccccc5)c5ccccc5-c5c4ccc4ccccc54)cc3)n2)cc1. The number of hydrogen-bond donors (Lipinski definition) is 0. The monoisotopic (exact) mass is 1360 g/mol. The largest absolute Gasteiger partial charge is 0.494 e. The molecule has 2 aliphatic carbocycles. The lowest BCUT2D eigenvalue weighted by Gasteiger charge is -2.34. The number of benzene rings is 14. The lowest BCUT2D eigenvalue weighted by Crippen LogP contribution is -2.41. The second-order valence-corrected chi connectivity index (χ2v) is 27.9. The number of hydrogen-bond acceptors (Lipinski definition) is 8. The molecule has 2 atom stereocenters. The Kier molecular flexibility index (Phi) is 16.9. The third kappa shape index (κ3) is 11.5. The van der Waals surface area contributed by atoms with Crippen LogP contribution < -0.4 is 5.46 Å². The van der Waals surface area contributed by atoms with E-state index in [0.29, 0.717) is 29.1 Å². The van der Waals surface area contributed by atoms with Crippen molar-refractivity contribution in [3.63, 3.8) is 0 Å². The first kappa shape index (κ1) is 65.2. The second kappa shape index (κ2) is 27.0. The van der Waals surface area contributed by atoms with Crippen molar-refractivity contribution in [3.05, 3.63) is 402 Å². The van der Waals surface area contributed by atoms with Crippen LogP contribution in [0, 0.1) is 0 Å². The van der Waals surface area contributed by atoms with Crippen LogP contribution in [0.1, 0.15) is 72.2 Å². The summed E-state index contributed by atoms with van der Waals surface area (Å²) in [5.41, 5.74) is 19.5. The maximum absolute atomic E-state index is 6.36. The van der Waals surface area contributed by atoms with Crippen LogP contribution >= 0.6 is 11.6 Å². The van der Waals surface area contributed by atoms with Gasteiger partial charge in [0.25, 0.3) is 0 Å². The summed E-state index contributed by atoms with van der Waals surface area (Å²) in [7, 11) is -0.381. The Hall–Kier alpha value is -12.1. The third-order valence-electron chi connectivity index (χ3n) is 21.1. The number of fused-ring (bicyclic) bond motifs is 10. The van der Waals surface area contributed by atoms with Gasteiger partial charge in [0.1, 0.15) is 0 Å². The fourth-order valence-electron chi connectivity index (χ4n) is 15.5. The van der Waals surface area contributed by atoms with E-state index in [1.54, 1.807) is 0 Å². The fourth-order valence-corrected chi connectivity index (χ4v) is 15.7. The Morgan fingerprint density at radius 2 is 0.548 bits per heavy atom. The molecule has 0 N–H and O–H groups in total. The summed E-state index contributed by atoms with van der Waals surface area (Å²) >= 11 is 5.99. The Labute approximate surface area is 611 Å². The van der Waals surface area contributed by atoms with E-state index in [1.165, 1.54) is 88.3 Å². The van der Waals surface area contributed by atoms with Gasteiger partial charge >= 0.3 is 7.12 Å². The molecule has 1 fully saturated rings. The zero-order valence-electron chi connectivity index (χ0n) is 57.9. The molecular weight excluding hydrogens is 1290 g/mol. The summed E-state index contributed by atoms with van der Waals surface area (Å²) in [6, 6.07) is 124. The molecule has 19 rings (SSSR count). The second-order valence-electron chi connectivity index (χ2n) is 27.6. The molecule has 0 saturated carbocycles. The molecule has 3 heterocycles. The van der Waals surface area contributed by atoms with E-state index in [2.05, 4.69) is 273 Å². The highest BCUT2D eigenvalue weighted by atomic mass is 35.5. The first-order chi connectivity index (χ1) is 51.0. The minimum absolute atomic E-state index is 0.202. The van der Waals surface area contributed by atoms with E-state index in [1.807, 2.05) is 121 Å². The smallest absolute Gasteiger partial charge is 0.399 e. The summed E-state index contributed by atoms with van der Waals surface area (Å²) in [6.45, 7) is 8.40. The highest BCUT2D eigenvalue weighted by Gasteiger charge is 2.53. The third-order valence-corrected chi connectivity index (χ3v) is 21.3. The molecule has 3 aliphatic rings. The summed E-state index contributed by atoms with van der Waals surface area (Å²) in [5.74, 6) is 3.13. The zero-order chi connectivity index (χ0) is 70.4. The fraction of sp³-hybridized carbons (Fsp3) is 0.0851. The van der Waals surface area contributed by atoms with Crippen LogP contribution in [0.2, 0.25) is 5.28 Å². The predicted molar refractivity (Wildman–Crippen MR) is 424 cm³/mol. The van der Waals surface area contributed by atoms with Crippen molar-refractivity contribution >= 4 is 45.7 Å². The molecule has 1 aliphatic heterocycles. The zero-order valence-corrected chi connectivity index (χ0v) is 58.7. The van der Waals surface area contributed by atoms with Crippen molar-refractivity contribution in [3.8, 4) is 79.2 Å². The number of aromatic nitrogens is 6. The molecule has 1 saturated heterocycles. The molecule has 0 radical (unpaired) electrons. The van der Waals surface area contributed by atoms with Gasteiger partial charge in [0.05, 0.1) is 22.0 Å². The Bertz CT molecular complexity index is 5690. The molecule has 0 spiro atoms. The van der Waals surface area contributed by atoms with Crippen LogP contribution in [0.25, 0.3) is 101 Å². The lowest BCUT2D eigenvalue weighted by atomic mass is 9.66. The minimum atomic E-state index is -0.487.